The molecule has 0 aromatic rings. The number of hydrogen-bond donors (Lipinski definition) is 1. The van der Waals surface area contributed by atoms with E-state index in [0.717, 1.165) is 4.91 Å². The molecule has 13 heteroatoms. The van der Waals surface area contributed by atoms with Gasteiger partial charge >= 0.3 is 0 Å². The molecule has 0 aromatic heterocycles. The minimum absolute atomic E-state index is 0.0759. The Bertz CT molecular complexity index is 613. The molecule has 0 atom stereocenters. The summed E-state index contributed by atoms with van der Waals surface area (Å²) >= 11 is 15.9. The van der Waals surface area contributed by atoms with Crippen molar-refractivity contribution in [2.45, 2.75) is 24.2 Å². The Balaban J connectivity index is 0.000000546. The summed E-state index contributed by atoms with van der Waals surface area (Å²) in [6.45, 7) is 10.6. The molecule has 0 spiro atoms. The van der Waals surface area contributed by atoms with Crippen LogP contribution in [0.5, 0.6) is 0 Å². The van der Waals surface area contributed by atoms with E-state index in [1.54, 1.807) is 47.0 Å². The number of thiol groups is 1. The highest BCUT2D eigenvalue weighted by Crippen LogP contribution is 2.63. The van der Waals surface area contributed by atoms with Crippen LogP contribution in [0.25, 0.3) is 0 Å². The van der Waals surface area contributed by atoms with Crippen molar-refractivity contribution in [2.24, 2.45) is 0 Å². The SMILES string of the molecule is C=C(S)C(SC)(SC)SS/C(SC)=C(/C)SC.CC1=C2SSC(C)=C2SS1.II. The van der Waals surface area contributed by atoms with E-state index in [1.165, 1.54) is 28.8 Å². The van der Waals surface area contributed by atoms with Gasteiger partial charge in [-0.2, -0.15) is 0 Å². The molecule has 0 aliphatic carbocycles. The molecular weight excluding hydrogens is 799 g/mol. The zero-order chi connectivity index (χ0) is 22.6. The molecule has 0 bridgehead atoms. The summed E-state index contributed by atoms with van der Waals surface area (Å²) < 4.78 is 1.29. The van der Waals surface area contributed by atoms with E-state index in [-0.39, 0.29) is 3.41 Å². The number of allylic oxidation sites excluding steroid dienone is 3. The van der Waals surface area contributed by atoms with Crippen molar-refractivity contribution >= 4 is 162 Å². The standard InChI is InChI=1S/C10H18S7.C6H6S4.I2/c1-7(12-3)9(13-4)16-17-10(14-5,15-6)8(2)11;1-3-5-6(10-7-3)4(2)8-9-5;1-2/h11H,2H2,1,3-6H3;1-2H3;/b9-7-;;. The Labute approximate surface area is 247 Å². The minimum atomic E-state index is -0.0759. The zero-order valence-electron chi connectivity index (χ0n) is 17.0. The molecule has 29 heavy (non-hydrogen) atoms. The van der Waals surface area contributed by atoms with Gasteiger partial charge in [-0.05, 0) is 56.6 Å². The first-order valence-electron chi connectivity index (χ1n) is 7.64. The summed E-state index contributed by atoms with van der Waals surface area (Å²) in [5.74, 6) is 0. The Kier molecular flexibility index (Phi) is 21.3. The maximum absolute atomic E-state index is 4.45. The van der Waals surface area contributed by atoms with Crippen LogP contribution in [0.2, 0.25) is 0 Å². The van der Waals surface area contributed by atoms with E-state index in [2.05, 4.69) is 102 Å². The van der Waals surface area contributed by atoms with Gasteiger partial charge in [-0.25, -0.2) is 0 Å². The van der Waals surface area contributed by atoms with Crippen LogP contribution in [-0.2, 0) is 0 Å². The average Bonchev–Trinajstić information content (AvgIpc) is 3.30. The van der Waals surface area contributed by atoms with Crippen molar-refractivity contribution in [3.63, 3.8) is 0 Å². The Morgan fingerprint density at radius 2 is 1.34 bits per heavy atom. The number of thioether (sulfide) groups is 4. The van der Waals surface area contributed by atoms with Crippen molar-refractivity contribution in [2.75, 3.05) is 25.0 Å². The lowest BCUT2D eigenvalue weighted by atomic mass is 10.4. The third kappa shape index (κ3) is 10.8. The molecule has 0 unspecified atom stereocenters. The molecular formula is C16H24I2S11. The lowest BCUT2D eigenvalue weighted by molar-refractivity contribution is 1.54. The van der Waals surface area contributed by atoms with Crippen LogP contribution in [0.1, 0.15) is 20.8 Å². The van der Waals surface area contributed by atoms with Crippen LogP contribution in [-0.4, -0.2) is 28.4 Å². The molecule has 2 aliphatic heterocycles. The summed E-state index contributed by atoms with van der Waals surface area (Å²) in [5.41, 5.74) is 0. The minimum Gasteiger partial charge on any atom is -0.145 e. The maximum Gasteiger partial charge on any atom is 0.147 e. The molecule has 168 valence electrons. The maximum atomic E-state index is 4.45. The highest BCUT2D eigenvalue weighted by molar-refractivity contribution is 15.0. The third-order valence-corrected chi connectivity index (χ3v) is 19.9. The number of rotatable bonds is 8. The van der Waals surface area contributed by atoms with Gasteiger partial charge in [-0.3, -0.25) is 0 Å². The second-order valence-corrected chi connectivity index (χ2v) is 17.4. The largest absolute Gasteiger partial charge is 0.147 e. The first-order chi connectivity index (χ1) is 13.8. The van der Waals surface area contributed by atoms with E-state index in [0.29, 0.717) is 0 Å². The van der Waals surface area contributed by atoms with Crippen molar-refractivity contribution in [1.82, 2.24) is 0 Å². The van der Waals surface area contributed by atoms with Crippen LogP contribution >= 0.6 is 162 Å². The van der Waals surface area contributed by atoms with E-state index < -0.39 is 0 Å². The van der Waals surface area contributed by atoms with Crippen LogP contribution in [0.4, 0.5) is 0 Å². The average molecular weight is 823 g/mol. The predicted octanol–water partition coefficient (Wildman–Crippen LogP) is 12.1. The van der Waals surface area contributed by atoms with E-state index >= 15 is 0 Å². The Hall–Kier alpha value is 4.27. The molecule has 0 radical (unpaired) electrons. The second kappa shape index (κ2) is 18.5. The van der Waals surface area contributed by atoms with Gasteiger partial charge in [0.05, 0.1) is 4.24 Å². The molecule has 0 saturated heterocycles. The van der Waals surface area contributed by atoms with E-state index in [9.17, 15) is 0 Å². The molecule has 0 fully saturated rings. The van der Waals surface area contributed by atoms with Crippen LogP contribution in [0.15, 0.2) is 40.2 Å². The fourth-order valence-electron chi connectivity index (χ4n) is 1.64. The highest BCUT2D eigenvalue weighted by Gasteiger charge is 2.32. The van der Waals surface area contributed by atoms with Gasteiger partial charge in [-0.1, -0.05) is 60.5 Å². The fourth-order valence-corrected chi connectivity index (χ4v) is 16.6. The molecule has 2 rings (SSSR count). The highest BCUT2D eigenvalue weighted by atomic mass is 128. The number of fused-ring (bicyclic) bond motifs is 1. The van der Waals surface area contributed by atoms with Gasteiger partial charge in [0.25, 0.3) is 0 Å². The predicted molar refractivity (Wildman–Crippen MR) is 187 cm³/mol. The van der Waals surface area contributed by atoms with Crippen molar-refractivity contribution in [3.8, 4) is 0 Å². The molecule has 0 saturated carbocycles. The lowest BCUT2D eigenvalue weighted by Gasteiger charge is -2.28. The first-order valence-corrected chi connectivity index (χ1v) is 25.7. The van der Waals surface area contributed by atoms with Gasteiger partial charge in [0.2, 0.25) is 0 Å². The first kappa shape index (κ1) is 33.3. The van der Waals surface area contributed by atoms with Crippen LogP contribution < -0.4 is 0 Å². The fraction of sp³-hybridized carbons (Fsp3) is 0.500. The van der Waals surface area contributed by atoms with Crippen molar-refractivity contribution < 1.29 is 0 Å². The molecule has 2 aliphatic rings. The van der Waals surface area contributed by atoms with Gasteiger partial charge in [-0.15, -0.1) is 59.7 Å². The summed E-state index contributed by atoms with van der Waals surface area (Å²) in [6, 6.07) is 0. The van der Waals surface area contributed by atoms with E-state index in [1.807, 2.05) is 64.8 Å². The third-order valence-electron chi connectivity index (χ3n) is 3.24. The van der Waals surface area contributed by atoms with Gasteiger partial charge in [0, 0.05) is 66.7 Å². The Morgan fingerprint density at radius 3 is 1.66 bits per heavy atom. The van der Waals surface area contributed by atoms with E-state index in [4.69, 9.17) is 0 Å². The molecule has 0 amide bonds. The monoisotopic (exact) mass is 822 g/mol. The summed E-state index contributed by atoms with van der Waals surface area (Å²) in [6.07, 6.45) is 8.45. The summed E-state index contributed by atoms with van der Waals surface area (Å²) in [5, 5.41) is 0. The van der Waals surface area contributed by atoms with Crippen LogP contribution in [0.3, 0.4) is 0 Å². The van der Waals surface area contributed by atoms with Crippen LogP contribution in [0, 0.1) is 0 Å². The normalized spacial score (nSPS) is 16.6. The molecule has 0 N–H and O–H groups in total. The Morgan fingerprint density at radius 1 is 0.897 bits per heavy atom. The summed E-state index contributed by atoms with van der Waals surface area (Å²) in [7, 11) is 11.3. The van der Waals surface area contributed by atoms with Gasteiger partial charge in [0.1, 0.15) is 3.41 Å². The second-order valence-electron chi connectivity index (χ2n) is 4.93. The molecule has 0 aromatic carbocycles. The van der Waals surface area contributed by atoms with Gasteiger partial charge < -0.3 is 0 Å². The molecule has 2 heterocycles. The zero-order valence-corrected chi connectivity index (χ0v) is 30.4. The number of hydrogen-bond acceptors (Lipinski definition) is 11. The quantitative estimate of drug-likeness (QED) is 0.108. The van der Waals surface area contributed by atoms with Crippen molar-refractivity contribution in [3.05, 3.63) is 40.2 Å². The summed E-state index contributed by atoms with van der Waals surface area (Å²) in [4.78, 5) is 8.27. The topological polar surface area (TPSA) is 0 Å². The van der Waals surface area contributed by atoms with Gasteiger partial charge in [0.15, 0.2) is 0 Å². The lowest BCUT2D eigenvalue weighted by Crippen LogP contribution is -2.12. The van der Waals surface area contributed by atoms with Crippen molar-refractivity contribution in [1.29, 1.82) is 0 Å². The number of halogens is 2. The molecule has 0 nitrogen and oxygen atoms in total. The smallest absolute Gasteiger partial charge is 0.145 e.